The molecule has 0 spiro atoms. The van der Waals surface area contributed by atoms with Crippen molar-refractivity contribution in [3.05, 3.63) is 17.5 Å². The summed E-state index contributed by atoms with van der Waals surface area (Å²) in [6.45, 7) is 6.29. The van der Waals surface area contributed by atoms with Crippen LogP contribution in [-0.4, -0.2) is 47.2 Å². The number of aromatic nitrogens is 1. The van der Waals surface area contributed by atoms with Crippen molar-refractivity contribution in [2.45, 2.75) is 51.2 Å². The summed E-state index contributed by atoms with van der Waals surface area (Å²) in [5, 5.41) is 3.95. The highest BCUT2D eigenvalue weighted by Gasteiger charge is 2.25. The van der Waals surface area contributed by atoms with Crippen molar-refractivity contribution in [1.29, 1.82) is 0 Å². The maximum atomic E-state index is 5.56. The van der Waals surface area contributed by atoms with Crippen LogP contribution in [0.5, 0.6) is 0 Å². The van der Waals surface area contributed by atoms with Crippen molar-refractivity contribution >= 4 is 0 Å². The molecule has 20 heavy (non-hydrogen) atoms. The Hall–Kier alpha value is -0.910. The Bertz CT molecular complexity index is 406. The SMILES string of the molecule is NCc1cc(CN2CCC(N3CCCCC3)CC2)on1. The first-order chi connectivity index (χ1) is 9.85. The third-order valence-electron chi connectivity index (χ3n) is 4.66. The lowest BCUT2D eigenvalue weighted by molar-refractivity contribution is 0.0855. The third-order valence-corrected chi connectivity index (χ3v) is 4.66. The molecule has 0 unspecified atom stereocenters. The van der Waals surface area contributed by atoms with Crippen molar-refractivity contribution in [3.8, 4) is 0 Å². The van der Waals surface area contributed by atoms with E-state index in [0.29, 0.717) is 6.54 Å². The van der Waals surface area contributed by atoms with Crippen LogP contribution in [0.15, 0.2) is 10.6 Å². The van der Waals surface area contributed by atoms with Gasteiger partial charge in [-0.1, -0.05) is 11.6 Å². The number of hydrogen-bond donors (Lipinski definition) is 1. The maximum Gasteiger partial charge on any atom is 0.151 e. The summed E-state index contributed by atoms with van der Waals surface area (Å²) in [6, 6.07) is 2.79. The molecule has 0 aromatic carbocycles. The fraction of sp³-hybridized carbons (Fsp3) is 0.800. The molecular formula is C15H26N4O. The predicted molar refractivity (Wildman–Crippen MR) is 78.1 cm³/mol. The minimum atomic E-state index is 0.459. The zero-order valence-corrected chi connectivity index (χ0v) is 12.3. The molecule has 3 heterocycles. The number of rotatable bonds is 4. The van der Waals surface area contributed by atoms with E-state index in [4.69, 9.17) is 10.3 Å². The summed E-state index contributed by atoms with van der Waals surface area (Å²) >= 11 is 0. The summed E-state index contributed by atoms with van der Waals surface area (Å²) in [5.41, 5.74) is 6.41. The molecule has 0 aliphatic carbocycles. The predicted octanol–water partition coefficient (Wildman–Crippen LogP) is 1.58. The van der Waals surface area contributed by atoms with Crippen LogP contribution >= 0.6 is 0 Å². The zero-order chi connectivity index (χ0) is 13.8. The van der Waals surface area contributed by atoms with Crippen molar-refractivity contribution < 1.29 is 4.52 Å². The average Bonchev–Trinajstić information content (AvgIpc) is 2.97. The number of likely N-dealkylation sites (tertiary alicyclic amines) is 2. The molecule has 0 amide bonds. The monoisotopic (exact) mass is 278 g/mol. The molecule has 0 atom stereocenters. The summed E-state index contributed by atoms with van der Waals surface area (Å²) in [7, 11) is 0. The molecule has 5 nitrogen and oxygen atoms in total. The lowest BCUT2D eigenvalue weighted by Gasteiger charge is -2.40. The maximum absolute atomic E-state index is 5.56. The van der Waals surface area contributed by atoms with Crippen molar-refractivity contribution in [2.24, 2.45) is 5.73 Å². The number of piperidine rings is 2. The zero-order valence-electron chi connectivity index (χ0n) is 12.3. The summed E-state index contributed by atoms with van der Waals surface area (Å²) < 4.78 is 5.32. The number of nitrogens with two attached hydrogens (primary N) is 1. The van der Waals surface area contributed by atoms with Gasteiger partial charge >= 0.3 is 0 Å². The van der Waals surface area contributed by atoms with E-state index in [1.54, 1.807) is 0 Å². The first-order valence-corrected chi connectivity index (χ1v) is 7.96. The van der Waals surface area contributed by atoms with E-state index in [-0.39, 0.29) is 0 Å². The normalized spacial score (nSPS) is 23.2. The Morgan fingerprint density at radius 2 is 1.90 bits per heavy atom. The van der Waals surface area contributed by atoms with Crippen molar-refractivity contribution in [3.63, 3.8) is 0 Å². The lowest BCUT2D eigenvalue weighted by atomic mass is 10.00. The molecule has 2 aliphatic rings. The van der Waals surface area contributed by atoms with Crippen LogP contribution < -0.4 is 5.73 Å². The highest BCUT2D eigenvalue weighted by atomic mass is 16.5. The molecule has 0 bridgehead atoms. The smallest absolute Gasteiger partial charge is 0.151 e. The topological polar surface area (TPSA) is 58.5 Å². The van der Waals surface area contributed by atoms with Crippen LogP contribution in [0.25, 0.3) is 0 Å². The first kappa shape index (κ1) is 14.0. The molecule has 2 N–H and O–H groups in total. The summed E-state index contributed by atoms with van der Waals surface area (Å²) in [4.78, 5) is 5.18. The van der Waals surface area contributed by atoms with Gasteiger partial charge in [-0.15, -0.1) is 0 Å². The molecule has 5 heteroatoms. The van der Waals surface area contributed by atoms with Crippen molar-refractivity contribution in [1.82, 2.24) is 15.0 Å². The molecule has 1 aromatic rings. The number of hydrogen-bond acceptors (Lipinski definition) is 5. The second kappa shape index (κ2) is 6.70. The molecule has 1 aromatic heterocycles. The van der Waals surface area contributed by atoms with Crippen LogP contribution in [0.1, 0.15) is 43.6 Å². The van der Waals surface area contributed by atoms with Crippen LogP contribution in [0.3, 0.4) is 0 Å². The fourth-order valence-corrected chi connectivity index (χ4v) is 3.47. The minimum Gasteiger partial charge on any atom is -0.360 e. The van der Waals surface area contributed by atoms with Crippen LogP contribution in [0, 0.1) is 0 Å². The Morgan fingerprint density at radius 1 is 1.15 bits per heavy atom. The second-order valence-electron chi connectivity index (χ2n) is 6.09. The van der Waals surface area contributed by atoms with Gasteiger partial charge in [0.05, 0.1) is 12.2 Å². The van der Waals surface area contributed by atoms with Gasteiger partial charge in [-0.25, -0.2) is 0 Å². The molecule has 2 fully saturated rings. The Kier molecular flexibility index (Phi) is 4.70. The van der Waals surface area contributed by atoms with Crippen molar-refractivity contribution in [2.75, 3.05) is 26.2 Å². The molecule has 3 rings (SSSR count). The van der Waals surface area contributed by atoms with Gasteiger partial charge in [0, 0.05) is 31.7 Å². The Balaban J connectivity index is 1.45. The summed E-state index contributed by atoms with van der Waals surface area (Å²) in [5.74, 6) is 0.946. The Labute approximate surface area is 121 Å². The number of nitrogens with zero attached hydrogens (tertiary/aromatic N) is 3. The molecule has 2 saturated heterocycles. The van der Waals surface area contributed by atoms with Gasteiger partial charge in [0.15, 0.2) is 5.76 Å². The van der Waals surface area contributed by atoms with Gasteiger partial charge < -0.3 is 15.2 Å². The first-order valence-electron chi connectivity index (χ1n) is 7.96. The van der Waals surface area contributed by atoms with Gasteiger partial charge in [0.25, 0.3) is 0 Å². The summed E-state index contributed by atoms with van der Waals surface area (Å²) in [6.07, 6.45) is 6.78. The largest absolute Gasteiger partial charge is 0.360 e. The van der Waals surface area contributed by atoms with E-state index in [0.717, 1.165) is 24.0 Å². The van der Waals surface area contributed by atoms with E-state index < -0.39 is 0 Å². The molecule has 0 radical (unpaired) electrons. The molecular weight excluding hydrogens is 252 g/mol. The highest BCUT2D eigenvalue weighted by Crippen LogP contribution is 2.21. The van der Waals surface area contributed by atoms with E-state index in [9.17, 15) is 0 Å². The average molecular weight is 278 g/mol. The van der Waals surface area contributed by atoms with E-state index in [1.165, 1.54) is 58.3 Å². The van der Waals surface area contributed by atoms with Crippen LogP contribution in [0.2, 0.25) is 0 Å². The van der Waals surface area contributed by atoms with Gasteiger partial charge in [-0.05, 0) is 38.8 Å². The fourth-order valence-electron chi connectivity index (χ4n) is 3.47. The second-order valence-corrected chi connectivity index (χ2v) is 6.09. The van der Waals surface area contributed by atoms with E-state index in [1.807, 2.05) is 6.07 Å². The van der Waals surface area contributed by atoms with E-state index >= 15 is 0 Å². The molecule has 112 valence electrons. The van der Waals surface area contributed by atoms with Gasteiger partial charge in [0.2, 0.25) is 0 Å². The third kappa shape index (κ3) is 3.40. The highest BCUT2D eigenvalue weighted by molar-refractivity contribution is 5.04. The van der Waals surface area contributed by atoms with Gasteiger partial charge in [-0.3, -0.25) is 4.90 Å². The standard InChI is InChI=1S/C15H26N4O/c16-11-13-10-15(20-17-13)12-18-8-4-14(5-9-18)19-6-2-1-3-7-19/h10,14H,1-9,11-12,16H2. The quantitative estimate of drug-likeness (QED) is 0.906. The van der Waals surface area contributed by atoms with E-state index in [2.05, 4.69) is 15.0 Å². The van der Waals surface area contributed by atoms with Crippen LogP contribution in [-0.2, 0) is 13.1 Å². The van der Waals surface area contributed by atoms with Crippen LogP contribution in [0.4, 0.5) is 0 Å². The van der Waals surface area contributed by atoms with Gasteiger partial charge in [0.1, 0.15) is 0 Å². The molecule has 2 aliphatic heterocycles. The molecule has 0 saturated carbocycles. The Morgan fingerprint density at radius 3 is 2.55 bits per heavy atom. The lowest BCUT2D eigenvalue weighted by Crippen LogP contribution is -2.46. The minimum absolute atomic E-state index is 0.459. The van der Waals surface area contributed by atoms with Gasteiger partial charge in [-0.2, -0.15) is 0 Å².